The molecule has 0 radical (unpaired) electrons. The zero-order valence-electron chi connectivity index (χ0n) is 12.5. The minimum Gasteiger partial charge on any atom is -0.485 e. The van der Waals surface area contributed by atoms with Crippen LogP contribution < -0.4 is 10.1 Å². The van der Waals surface area contributed by atoms with Gasteiger partial charge in [0.05, 0.1) is 0 Å². The van der Waals surface area contributed by atoms with Crippen LogP contribution in [0.5, 0.6) is 5.75 Å². The zero-order valence-corrected chi connectivity index (χ0v) is 14.1. The van der Waals surface area contributed by atoms with Gasteiger partial charge in [-0.25, -0.2) is 0 Å². The zero-order chi connectivity index (χ0) is 14.5. The average molecular weight is 334 g/mol. The highest BCUT2D eigenvalue weighted by Gasteiger charge is 2.14. The molecule has 0 fully saturated rings. The fraction of sp³-hybridized carbons (Fsp3) is 0.222. The number of halogens is 1. The van der Waals surface area contributed by atoms with Crippen molar-refractivity contribution in [3.63, 3.8) is 0 Å². The van der Waals surface area contributed by atoms with Gasteiger partial charge in [0.25, 0.3) is 0 Å². The topological polar surface area (TPSA) is 21.3 Å². The molecule has 22 heavy (non-hydrogen) atoms. The summed E-state index contributed by atoms with van der Waals surface area (Å²) in [6, 6.07) is 18.9. The van der Waals surface area contributed by atoms with Gasteiger partial charge in [-0.05, 0) is 47.9 Å². The molecule has 1 atom stereocenters. The molecule has 0 aliphatic heterocycles. The molecule has 1 unspecified atom stereocenters. The number of ether oxygens (including phenoxy) is 1. The first-order valence-electron chi connectivity index (χ1n) is 7.20. The summed E-state index contributed by atoms with van der Waals surface area (Å²) >= 11 is 1.75. The number of rotatable bonds is 6. The number of nitrogens with one attached hydrogen (secondary N) is 1. The summed E-state index contributed by atoms with van der Waals surface area (Å²) in [5.74, 6) is 0.934. The van der Waals surface area contributed by atoms with Crippen molar-refractivity contribution in [3.05, 3.63) is 64.9 Å². The van der Waals surface area contributed by atoms with Crippen molar-refractivity contribution in [1.29, 1.82) is 0 Å². The number of fused-ring (bicyclic) bond motifs is 1. The lowest BCUT2D eigenvalue weighted by Crippen LogP contribution is -2.15. The minimum atomic E-state index is 0. The average Bonchev–Trinajstić information content (AvgIpc) is 3.05. The Morgan fingerprint density at radius 1 is 1.05 bits per heavy atom. The van der Waals surface area contributed by atoms with Gasteiger partial charge in [-0.15, -0.1) is 23.7 Å². The number of benzene rings is 2. The standard InChI is InChI=1S/C18H19NOS.ClH/c1-19-11-10-17(18-7-4-12-21-18)20-16-9-8-14-5-2-3-6-15(14)13-16;/h2-9,12-13,17,19H,10-11H2,1H3;1H. The van der Waals surface area contributed by atoms with Gasteiger partial charge in [0.2, 0.25) is 0 Å². The lowest BCUT2D eigenvalue weighted by Gasteiger charge is -2.18. The van der Waals surface area contributed by atoms with Crippen LogP contribution >= 0.6 is 23.7 Å². The predicted octanol–water partition coefficient (Wildman–Crippen LogP) is 5.05. The van der Waals surface area contributed by atoms with Crippen LogP contribution in [0.2, 0.25) is 0 Å². The van der Waals surface area contributed by atoms with E-state index in [0.29, 0.717) is 0 Å². The van der Waals surface area contributed by atoms with Crippen LogP contribution in [0.4, 0.5) is 0 Å². The summed E-state index contributed by atoms with van der Waals surface area (Å²) < 4.78 is 6.24. The van der Waals surface area contributed by atoms with Crippen molar-refractivity contribution < 1.29 is 4.74 Å². The number of thiophene rings is 1. The smallest absolute Gasteiger partial charge is 0.134 e. The Morgan fingerprint density at radius 3 is 2.59 bits per heavy atom. The van der Waals surface area contributed by atoms with Gasteiger partial charge in [-0.2, -0.15) is 0 Å². The van der Waals surface area contributed by atoms with Crippen LogP contribution in [-0.2, 0) is 0 Å². The second-order valence-electron chi connectivity index (χ2n) is 5.02. The van der Waals surface area contributed by atoms with E-state index in [2.05, 4.69) is 65.3 Å². The quantitative estimate of drug-likeness (QED) is 0.681. The normalized spacial score (nSPS) is 11.9. The summed E-state index contributed by atoms with van der Waals surface area (Å²) in [4.78, 5) is 1.28. The van der Waals surface area contributed by atoms with E-state index in [-0.39, 0.29) is 18.5 Å². The number of hydrogen-bond donors (Lipinski definition) is 1. The van der Waals surface area contributed by atoms with Crippen molar-refractivity contribution in [2.24, 2.45) is 0 Å². The summed E-state index contributed by atoms with van der Waals surface area (Å²) in [5.41, 5.74) is 0. The molecule has 0 bridgehead atoms. The lowest BCUT2D eigenvalue weighted by molar-refractivity contribution is 0.199. The largest absolute Gasteiger partial charge is 0.485 e. The Hall–Kier alpha value is -1.55. The molecule has 3 rings (SSSR count). The Morgan fingerprint density at radius 2 is 1.86 bits per heavy atom. The third kappa shape index (κ3) is 4.01. The summed E-state index contributed by atoms with van der Waals surface area (Å²) in [5, 5.41) is 7.76. The van der Waals surface area contributed by atoms with Crippen LogP contribution in [-0.4, -0.2) is 13.6 Å². The second-order valence-corrected chi connectivity index (χ2v) is 6.00. The minimum absolute atomic E-state index is 0. The fourth-order valence-corrected chi connectivity index (χ4v) is 3.20. The maximum absolute atomic E-state index is 6.24. The lowest BCUT2D eigenvalue weighted by atomic mass is 10.1. The van der Waals surface area contributed by atoms with Gasteiger partial charge in [0.15, 0.2) is 0 Å². The second kappa shape index (κ2) is 8.18. The highest BCUT2D eigenvalue weighted by molar-refractivity contribution is 7.10. The first-order chi connectivity index (χ1) is 10.4. The monoisotopic (exact) mass is 333 g/mol. The molecule has 116 valence electrons. The molecule has 2 aromatic carbocycles. The maximum atomic E-state index is 6.24. The van der Waals surface area contributed by atoms with E-state index >= 15 is 0 Å². The van der Waals surface area contributed by atoms with Gasteiger partial charge in [-0.3, -0.25) is 0 Å². The molecular weight excluding hydrogens is 314 g/mol. The summed E-state index contributed by atoms with van der Waals surface area (Å²) in [6.07, 6.45) is 1.07. The van der Waals surface area contributed by atoms with Crippen molar-refractivity contribution in [2.75, 3.05) is 13.6 Å². The van der Waals surface area contributed by atoms with E-state index in [1.807, 2.05) is 7.05 Å². The first-order valence-corrected chi connectivity index (χ1v) is 8.08. The van der Waals surface area contributed by atoms with Crippen molar-refractivity contribution in [3.8, 4) is 5.75 Å². The molecule has 1 N–H and O–H groups in total. The summed E-state index contributed by atoms with van der Waals surface area (Å²) in [6.45, 7) is 0.941. The van der Waals surface area contributed by atoms with Gasteiger partial charge in [0, 0.05) is 11.3 Å². The van der Waals surface area contributed by atoms with E-state index in [0.717, 1.165) is 18.7 Å². The van der Waals surface area contributed by atoms with E-state index in [1.54, 1.807) is 11.3 Å². The SMILES string of the molecule is CNCCC(Oc1ccc2ccccc2c1)c1cccs1.Cl. The Balaban J connectivity index is 0.00000176. The van der Waals surface area contributed by atoms with Crippen LogP contribution in [0.1, 0.15) is 17.4 Å². The molecular formula is C18H20ClNOS. The van der Waals surface area contributed by atoms with E-state index in [1.165, 1.54) is 15.6 Å². The third-order valence-corrected chi connectivity index (χ3v) is 4.48. The molecule has 2 nitrogen and oxygen atoms in total. The highest BCUT2D eigenvalue weighted by Crippen LogP contribution is 2.29. The molecule has 1 heterocycles. The molecule has 0 aliphatic carbocycles. The fourth-order valence-electron chi connectivity index (χ4n) is 2.41. The summed E-state index contributed by atoms with van der Waals surface area (Å²) in [7, 11) is 1.97. The van der Waals surface area contributed by atoms with Crippen molar-refractivity contribution in [1.82, 2.24) is 5.32 Å². The van der Waals surface area contributed by atoms with E-state index in [9.17, 15) is 0 Å². The molecule has 0 amide bonds. The molecule has 4 heteroatoms. The Bertz CT molecular complexity index is 699. The first kappa shape index (κ1) is 16.8. The van der Waals surface area contributed by atoms with Crippen LogP contribution in [0.25, 0.3) is 10.8 Å². The number of hydrogen-bond acceptors (Lipinski definition) is 3. The van der Waals surface area contributed by atoms with Gasteiger partial charge in [0.1, 0.15) is 11.9 Å². The van der Waals surface area contributed by atoms with Gasteiger partial charge < -0.3 is 10.1 Å². The Labute approximate surface area is 141 Å². The maximum Gasteiger partial charge on any atom is 0.134 e. The molecule has 0 aliphatic rings. The molecule has 1 aromatic heterocycles. The van der Waals surface area contributed by atoms with Crippen molar-refractivity contribution >= 4 is 34.5 Å². The molecule has 0 saturated heterocycles. The Kier molecular flexibility index (Phi) is 6.25. The highest BCUT2D eigenvalue weighted by atomic mass is 35.5. The van der Waals surface area contributed by atoms with Crippen LogP contribution in [0, 0.1) is 0 Å². The van der Waals surface area contributed by atoms with E-state index in [4.69, 9.17) is 4.74 Å². The van der Waals surface area contributed by atoms with Crippen LogP contribution in [0.15, 0.2) is 60.0 Å². The predicted molar refractivity (Wildman–Crippen MR) is 97.4 cm³/mol. The van der Waals surface area contributed by atoms with Gasteiger partial charge in [-0.1, -0.05) is 36.4 Å². The van der Waals surface area contributed by atoms with E-state index < -0.39 is 0 Å². The van der Waals surface area contributed by atoms with Gasteiger partial charge >= 0.3 is 0 Å². The van der Waals surface area contributed by atoms with Crippen LogP contribution in [0.3, 0.4) is 0 Å². The van der Waals surface area contributed by atoms with Crippen molar-refractivity contribution in [2.45, 2.75) is 12.5 Å². The molecule has 0 spiro atoms. The molecule has 0 saturated carbocycles. The molecule has 3 aromatic rings. The third-order valence-electron chi connectivity index (χ3n) is 3.52.